The minimum Gasteiger partial charge on any atom is -0.374 e. The molecule has 0 aliphatic carbocycles. The van der Waals surface area contributed by atoms with Crippen molar-refractivity contribution in [3.63, 3.8) is 0 Å². The van der Waals surface area contributed by atoms with Gasteiger partial charge < -0.3 is 10.5 Å². The molecule has 0 saturated heterocycles. The van der Waals surface area contributed by atoms with Crippen molar-refractivity contribution in [3.8, 4) is 0 Å². The fourth-order valence-electron chi connectivity index (χ4n) is 0.553. The predicted octanol–water partition coefficient (Wildman–Crippen LogP) is 1.15. The third kappa shape index (κ3) is 4.43. The summed E-state index contributed by atoms with van der Waals surface area (Å²) in [6.45, 7) is 7.97. The Morgan fingerprint density at radius 3 is 1.67 bits per heavy atom. The lowest BCUT2D eigenvalue weighted by atomic mass is 10.2. The Balaban J connectivity index is 3.38. The van der Waals surface area contributed by atoms with E-state index in [1.807, 2.05) is 27.7 Å². The molecule has 2 unspecified atom stereocenters. The van der Waals surface area contributed by atoms with Crippen LogP contribution in [0.4, 0.5) is 0 Å². The van der Waals surface area contributed by atoms with E-state index >= 15 is 0 Å². The maximum atomic E-state index is 5.56. The first-order valence-electron chi connectivity index (χ1n) is 3.45. The molecule has 0 aromatic carbocycles. The second-order valence-electron chi connectivity index (χ2n) is 2.75. The van der Waals surface area contributed by atoms with E-state index in [9.17, 15) is 0 Å². The molecule has 0 radical (unpaired) electrons. The van der Waals surface area contributed by atoms with E-state index in [0.717, 1.165) is 0 Å². The van der Waals surface area contributed by atoms with Gasteiger partial charge >= 0.3 is 0 Å². The third-order valence-electron chi connectivity index (χ3n) is 1.23. The molecule has 0 bridgehead atoms. The molecule has 0 saturated carbocycles. The van der Waals surface area contributed by atoms with E-state index in [2.05, 4.69) is 0 Å². The number of ether oxygens (including phenoxy) is 1. The molecular formula is C7H17NO. The van der Waals surface area contributed by atoms with Crippen molar-refractivity contribution in [2.75, 3.05) is 0 Å². The minimum absolute atomic E-state index is 0.132. The second-order valence-corrected chi connectivity index (χ2v) is 2.75. The first-order chi connectivity index (χ1) is 4.04. The zero-order valence-electron chi connectivity index (χ0n) is 6.72. The summed E-state index contributed by atoms with van der Waals surface area (Å²) in [5.74, 6) is 0. The molecule has 2 nitrogen and oxygen atoms in total. The molecule has 0 spiro atoms. The van der Waals surface area contributed by atoms with E-state index in [4.69, 9.17) is 10.5 Å². The monoisotopic (exact) mass is 131 g/mol. The molecule has 2 atom stereocenters. The van der Waals surface area contributed by atoms with Crippen molar-refractivity contribution >= 4 is 0 Å². The van der Waals surface area contributed by atoms with Crippen LogP contribution in [-0.2, 0) is 4.74 Å². The van der Waals surface area contributed by atoms with Crippen LogP contribution in [-0.4, -0.2) is 18.2 Å². The van der Waals surface area contributed by atoms with Crippen LogP contribution < -0.4 is 5.73 Å². The molecule has 9 heavy (non-hydrogen) atoms. The van der Waals surface area contributed by atoms with Gasteiger partial charge in [-0.15, -0.1) is 0 Å². The Hall–Kier alpha value is -0.0800. The van der Waals surface area contributed by atoms with Crippen LogP contribution in [0.15, 0.2) is 0 Å². The van der Waals surface area contributed by atoms with Crippen molar-refractivity contribution in [1.29, 1.82) is 0 Å². The fourth-order valence-corrected chi connectivity index (χ4v) is 0.553. The molecule has 0 amide bonds. The maximum Gasteiger partial charge on any atom is 0.0698 e. The summed E-state index contributed by atoms with van der Waals surface area (Å²) >= 11 is 0. The molecule has 0 aromatic rings. The Morgan fingerprint density at radius 2 is 1.56 bits per heavy atom. The van der Waals surface area contributed by atoms with Crippen molar-refractivity contribution < 1.29 is 4.74 Å². The summed E-state index contributed by atoms with van der Waals surface area (Å²) in [4.78, 5) is 0. The average Bonchev–Trinajstić information content (AvgIpc) is 1.63. The molecule has 2 heteroatoms. The molecule has 2 N–H and O–H groups in total. The number of rotatable bonds is 3. The molecule has 0 aliphatic rings. The maximum absolute atomic E-state index is 5.56. The Labute approximate surface area is 57.4 Å². The number of hydrogen-bond acceptors (Lipinski definition) is 2. The third-order valence-corrected chi connectivity index (χ3v) is 1.23. The highest BCUT2D eigenvalue weighted by Crippen LogP contribution is 1.99. The standard InChI is InChI=1S/C7H17NO/c1-5(2)9-7(4)6(3)8/h5-7H,8H2,1-4H3. The zero-order valence-corrected chi connectivity index (χ0v) is 6.72. The molecule has 0 rings (SSSR count). The van der Waals surface area contributed by atoms with E-state index in [-0.39, 0.29) is 18.2 Å². The smallest absolute Gasteiger partial charge is 0.0698 e. The lowest BCUT2D eigenvalue weighted by molar-refractivity contribution is 0.00784. The van der Waals surface area contributed by atoms with Gasteiger partial charge in [0.2, 0.25) is 0 Å². The van der Waals surface area contributed by atoms with Crippen molar-refractivity contribution in [2.24, 2.45) is 5.73 Å². The zero-order chi connectivity index (χ0) is 7.44. The summed E-state index contributed by atoms with van der Waals surface area (Å²) in [6, 6.07) is 0.132. The normalized spacial score (nSPS) is 18.0. The van der Waals surface area contributed by atoms with Crippen LogP contribution >= 0.6 is 0 Å². The largest absolute Gasteiger partial charge is 0.374 e. The van der Waals surface area contributed by atoms with Crippen LogP contribution in [0.2, 0.25) is 0 Å². The van der Waals surface area contributed by atoms with E-state index in [1.165, 1.54) is 0 Å². The summed E-state index contributed by atoms with van der Waals surface area (Å²) < 4.78 is 5.39. The summed E-state index contributed by atoms with van der Waals surface area (Å²) in [5.41, 5.74) is 5.56. The molecule has 0 heterocycles. The van der Waals surface area contributed by atoms with Crippen molar-refractivity contribution in [2.45, 2.75) is 45.9 Å². The SMILES string of the molecule is CC(C)OC(C)C(C)N. The quantitative estimate of drug-likeness (QED) is 0.623. The Kier molecular flexibility index (Phi) is 3.82. The van der Waals surface area contributed by atoms with Gasteiger partial charge in [0.25, 0.3) is 0 Å². The highest BCUT2D eigenvalue weighted by molar-refractivity contribution is 4.62. The van der Waals surface area contributed by atoms with Crippen LogP contribution in [0.5, 0.6) is 0 Å². The molecule has 56 valence electrons. The highest BCUT2D eigenvalue weighted by atomic mass is 16.5. The molecular weight excluding hydrogens is 114 g/mol. The van der Waals surface area contributed by atoms with E-state index in [1.54, 1.807) is 0 Å². The molecule has 0 aromatic heterocycles. The lowest BCUT2D eigenvalue weighted by Crippen LogP contribution is -2.33. The number of hydrogen-bond donors (Lipinski definition) is 1. The van der Waals surface area contributed by atoms with Gasteiger partial charge in [0.1, 0.15) is 0 Å². The van der Waals surface area contributed by atoms with Gasteiger partial charge in [-0.05, 0) is 27.7 Å². The topological polar surface area (TPSA) is 35.2 Å². The van der Waals surface area contributed by atoms with E-state index < -0.39 is 0 Å². The Bertz CT molecular complexity index is 71.3. The summed E-state index contributed by atoms with van der Waals surface area (Å²) in [6.07, 6.45) is 0.455. The van der Waals surface area contributed by atoms with Gasteiger partial charge in [0, 0.05) is 6.04 Å². The first-order valence-corrected chi connectivity index (χ1v) is 3.45. The highest BCUT2D eigenvalue weighted by Gasteiger charge is 2.08. The van der Waals surface area contributed by atoms with Gasteiger partial charge in [-0.25, -0.2) is 0 Å². The van der Waals surface area contributed by atoms with Gasteiger partial charge in [0.15, 0.2) is 0 Å². The molecule has 0 fully saturated rings. The first kappa shape index (κ1) is 8.92. The van der Waals surface area contributed by atoms with E-state index in [0.29, 0.717) is 0 Å². The fraction of sp³-hybridized carbons (Fsp3) is 1.00. The van der Waals surface area contributed by atoms with Crippen LogP contribution in [0.3, 0.4) is 0 Å². The van der Waals surface area contributed by atoms with Gasteiger partial charge in [-0.3, -0.25) is 0 Å². The Morgan fingerprint density at radius 1 is 1.11 bits per heavy atom. The van der Waals surface area contributed by atoms with Gasteiger partial charge in [-0.1, -0.05) is 0 Å². The van der Waals surface area contributed by atoms with Gasteiger partial charge in [0.05, 0.1) is 12.2 Å². The summed E-state index contributed by atoms with van der Waals surface area (Å²) in [5, 5.41) is 0. The molecule has 0 aliphatic heterocycles. The number of nitrogens with two attached hydrogens (primary N) is 1. The van der Waals surface area contributed by atoms with Crippen LogP contribution in [0.1, 0.15) is 27.7 Å². The lowest BCUT2D eigenvalue weighted by Gasteiger charge is -2.18. The van der Waals surface area contributed by atoms with Crippen LogP contribution in [0.25, 0.3) is 0 Å². The second kappa shape index (κ2) is 3.85. The predicted molar refractivity (Wildman–Crippen MR) is 39.3 cm³/mol. The van der Waals surface area contributed by atoms with Crippen LogP contribution in [0, 0.1) is 0 Å². The average molecular weight is 131 g/mol. The minimum atomic E-state index is 0.132. The van der Waals surface area contributed by atoms with Crippen molar-refractivity contribution in [1.82, 2.24) is 0 Å². The van der Waals surface area contributed by atoms with Gasteiger partial charge in [-0.2, -0.15) is 0 Å². The summed E-state index contributed by atoms with van der Waals surface area (Å²) in [7, 11) is 0. The van der Waals surface area contributed by atoms with Crippen molar-refractivity contribution in [3.05, 3.63) is 0 Å².